The molecule has 0 aliphatic carbocycles. The van der Waals surface area contributed by atoms with Crippen LogP contribution in [0.25, 0.3) is 0 Å². The van der Waals surface area contributed by atoms with Crippen LogP contribution in [-0.4, -0.2) is 42.5 Å². The maximum absolute atomic E-state index is 12.9. The van der Waals surface area contributed by atoms with Gasteiger partial charge in [0.2, 0.25) is 0 Å². The second-order valence-electron chi connectivity index (χ2n) is 6.59. The van der Waals surface area contributed by atoms with Crippen molar-refractivity contribution in [3.8, 4) is 5.75 Å². The van der Waals surface area contributed by atoms with Crippen LogP contribution in [0.4, 0.5) is 0 Å². The number of amides is 1. The highest BCUT2D eigenvalue weighted by Crippen LogP contribution is 2.27. The average molecular weight is 384 g/mol. The van der Waals surface area contributed by atoms with Crippen LogP contribution in [-0.2, 0) is 0 Å². The van der Waals surface area contributed by atoms with E-state index in [9.17, 15) is 9.59 Å². The summed E-state index contributed by atoms with van der Waals surface area (Å²) in [6.07, 6.45) is 1.42. The first kappa shape index (κ1) is 19.5. The smallest absolute Gasteiger partial charge is 0.254 e. The zero-order valence-electron chi connectivity index (χ0n) is 15.8. The fourth-order valence-electron chi connectivity index (χ4n) is 3.43. The van der Waals surface area contributed by atoms with Crippen LogP contribution in [0.2, 0.25) is 0 Å². The largest absolute Gasteiger partial charge is 0.497 e. The van der Waals surface area contributed by atoms with Crippen LogP contribution in [0.5, 0.6) is 5.75 Å². The number of piperidine rings is 1. The number of ketones is 1. The number of ether oxygens (including phenoxy) is 1. The van der Waals surface area contributed by atoms with Crippen molar-refractivity contribution in [1.82, 2.24) is 4.90 Å². The van der Waals surface area contributed by atoms with Crippen LogP contribution in [0, 0.1) is 5.92 Å². The Balaban J connectivity index is 1.63. The quantitative estimate of drug-likeness (QED) is 0.543. The monoisotopic (exact) mass is 383 g/mol. The molecule has 2 aromatic carbocycles. The first-order valence-corrected chi connectivity index (χ1v) is 10.3. The van der Waals surface area contributed by atoms with Crippen LogP contribution >= 0.6 is 11.8 Å². The molecule has 1 aliphatic rings. The average Bonchev–Trinajstić information content (AvgIpc) is 2.73. The molecule has 0 saturated carbocycles. The molecule has 0 bridgehead atoms. The topological polar surface area (TPSA) is 46.6 Å². The molecule has 0 aromatic heterocycles. The minimum atomic E-state index is -0.0253. The number of nitrogens with zero attached hydrogens (tertiary/aromatic N) is 1. The molecule has 4 nitrogen and oxygen atoms in total. The van der Waals surface area contributed by atoms with E-state index < -0.39 is 0 Å². The number of methoxy groups -OCH3 is 1. The molecule has 0 N–H and O–H groups in total. The lowest BCUT2D eigenvalue weighted by Gasteiger charge is -2.31. The van der Waals surface area contributed by atoms with Crippen molar-refractivity contribution in [2.45, 2.75) is 24.7 Å². The molecule has 2 aromatic rings. The third-order valence-electron chi connectivity index (χ3n) is 4.94. The molecule has 27 heavy (non-hydrogen) atoms. The number of rotatable bonds is 6. The van der Waals surface area contributed by atoms with E-state index in [1.54, 1.807) is 18.9 Å². The van der Waals surface area contributed by atoms with Crippen LogP contribution in [0.1, 0.15) is 40.5 Å². The molecule has 1 saturated heterocycles. The number of carbonyl (C=O) groups excluding carboxylic acids is 2. The van der Waals surface area contributed by atoms with E-state index >= 15 is 0 Å². The Kier molecular flexibility index (Phi) is 6.56. The molecular formula is C22H25NO3S. The van der Waals surface area contributed by atoms with Gasteiger partial charge in [0.25, 0.3) is 5.91 Å². The van der Waals surface area contributed by atoms with Crippen LogP contribution in [0.3, 0.4) is 0 Å². The van der Waals surface area contributed by atoms with E-state index in [2.05, 4.69) is 6.92 Å². The molecular weight excluding hydrogens is 358 g/mol. The fourth-order valence-corrected chi connectivity index (χ4v) is 4.23. The van der Waals surface area contributed by atoms with Gasteiger partial charge in [-0.15, -0.1) is 11.8 Å². The number of thioether (sulfide) groups is 1. The lowest BCUT2D eigenvalue weighted by atomic mass is 9.88. The fraction of sp³-hybridized carbons (Fsp3) is 0.364. The maximum Gasteiger partial charge on any atom is 0.254 e. The van der Waals surface area contributed by atoms with Crippen molar-refractivity contribution >= 4 is 23.5 Å². The minimum absolute atomic E-state index is 0.0253. The van der Waals surface area contributed by atoms with Crippen molar-refractivity contribution in [3.05, 3.63) is 59.7 Å². The predicted octanol–water partition coefficient (Wildman–Crippen LogP) is 4.54. The van der Waals surface area contributed by atoms with Gasteiger partial charge in [0.15, 0.2) is 5.78 Å². The summed E-state index contributed by atoms with van der Waals surface area (Å²) in [6.45, 7) is 3.33. The molecule has 0 unspecified atom stereocenters. The minimum Gasteiger partial charge on any atom is -0.497 e. The summed E-state index contributed by atoms with van der Waals surface area (Å²) >= 11 is 1.69. The molecule has 1 heterocycles. The van der Waals surface area contributed by atoms with Crippen LogP contribution in [0.15, 0.2) is 53.4 Å². The molecule has 1 fully saturated rings. The van der Waals surface area contributed by atoms with Gasteiger partial charge in [-0.05, 0) is 55.0 Å². The molecule has 0 radical (unpaired) electrons. The Labute approximate surface area is 164 Å². The van der Waals surface area contributed by atoms with E-state index in [0.29, 0.717) is 31.5 Å². The van der Waals surface area contributed by atoms with Gasteiger partial charge in [-0.1, -0.05) is 19.1 Å². The third-order valence-corrected chi connectivity index (χ3v) is 5.90. The molecule has 142 valence electrons. The Bertz CT molecular complexity index is 795. The summed E-state index contributed by atoms with van der Waals surface area (Å²) in [6, 6.07) is 15.0. The van der Waals surface area contributed by atoms with Gasteiger partial charge in [-0.3, -0.25) is 9.59 Å². The van der Waals surface area contributed by atoms with E-state index in [-0.39, 0.29) is 17.6 Å². The highest BCUT2D eigenvalue weighted by atomic mass is 32.2. The van der Waals surface area contributed by atoms with Gasteiger partial charge in [0.1, 0.15) is 5.75 Å². The second-order valence-corrected chi connectivity index (χ2v) is 7.89. The summed E-state index contributed by atoms with van der Waals surface area (Å²) < 4.78 is 5.15. The molecule has 0 spiro atoms. The van der Waals surface area contributed by atoms with Gasteiger partial charge in [0, 0.05) is 29.5 Å². The van der Waals surface area contributed by atoms with E-state index in [0.717, 1.165) is 22.0 Å². The van der Waals surface area contributed by atoms with Gasteiger partial charge in [0.05, 0.1) is 12.7 Å². The highest BCUT2D eigenvalue weighted by molar-refractivity contribution is 7.99. The molecule has 0 atom stereocenters. The van der Waals surface area contributed by atoms with Gasteiger partial charge >= 0.3 is 0 Å². The Morgan fingerprint density at radius 3 is 2.37 bits per heavy atom. The summed E-state index contributed by atoms with van der Waals surface area (Å²) in [4.78, 5) is 28.6. The van der Waals surface area contributed by atoms with Crippen LogP contribution < -0.4 is 4.74 Å². The van der Waals surface area contributed by atoms with E-state index in [1.807, 2.05) is 53.4 Å². The highest BCUT2D eigenvalue weighted by Gasteiger charge is 2.29. The van der Waals surface area contributed by atoms with Crippen molar-refractivity contribution in [2.75, 3.05) is 26.0 Å². The van der Waals surface area contributed by atoms with E-state index in [1.165, 1.54) is 0 Å². The number of likely N-dealkylation sites (tertiary alicyclic amines) is 1. The lowest BCUT2D eigenvalue weighted by molar-refractivity contribution is 0.0647. The molecule has 1 amide bonds. The van der Waals surface area contributed by atoms with Gasteiger partial charge < -0.3 is 9.64 Å². The zero-order chi connectivity index (χ0) is 19.2. The van der Waals surface area contributed by atoms with Gasteiger partial charge in [-0.2, -0.15) is 0 Å². The SMILES string of the molecule is CCSc1ccccc1C(=O)N1CCC(C(=O)c2ccc(OC)cc2)CC1. The Hall–Kier alpha value is -2.27. The Morgan fingerprint density at radius 2 is 1.74 bits per heavy atom. The number of hydrogen-bond donors (Lipinski definition) is 0. The number of benzene rings is 2. The summed E-state index contributed by atoms with van der Waals surface area (Å²) in [7, 11) is 1.61. The molecule has 3 rings (SSSR count). The number of hydrogen-bond acceptors (Lipinski definition) is 4. The second kappa shape index (κ2) is 9.09. The predicted molar refractivity (Wildman–Crippen MR) is 109 cm³/mol. The summed E-state index contributed by atoms with van der Waals surface area (Å²) in [5.74, 6) is 1.88. The number of Topliss-reactive ketones (excluding diaryl/α,β-unsaturated/α-hetero) is 1. The summed E-state index contributed by atoms with van der Waals surface area (Å²) in [5.41, 5.74) is 1.48. The zero-order valence-corrected chi connectivity index (χ0v) is 16.6. The maximum atomic E-state index is 12.9. The number of carbonyl (C=O) groups is 2. The third kappa shape index (κ3) is 4.53. The van der Waals surface area contributed by atoms with Crippen molar-refractivity contribution in [3.63, 3.8) is 0 Å². The first-order valence-electron chi connectivity index (χ1n) is 9.33. The molecule has 1 aliphatic heterocycles. The van der Waals surface area contributed by atoms with Crippen molar-refractivity contribution < 1.29 is 14.3 Å². The standard InChI is InChI=1S/C22H25NO3S/c1-3-27-20-7-5-4-6-19(20)22(25)23-14-12-17(13-15-23)21(24)16-8-10-18(26-2)11-9-16/h4-11,17H,3,12-15H2,1-2H3. The first-order chi connectivity index (χ1) is 13.1. The normalized spacial score (nSPS) is 14.8. The molecule has 5 heteroatoms. The summed E-state index contributed by atoms with van der Waals surface area (Å²) in [5, 5.41) is 0. The lowest BCUT2D eigenvalue weighted by Crippen LogP contribution is -2.40. The van der Waals surface area contributed by atoms with Crippen molar-refractivity contribution in [2.24, 2.45) is 5.92 Å². The Morgan fingerprint density at radius 1 is 1.07 bits per heavy atom. The van der Waals surface area contributed by atoms with Crippen molar-refractivity contribution in [1.29, 1.82) is 0 Å². The van der Waals surface area contributed by atoms with Gasteiger partial charge in [-0.25, -0.2) is 0 Å². The van der Waals surface area contributed by atoms with E-state index in [4.69, 9.17) is 4.74 Å².